The van der Waals surface area contributed by atoms with E-state index in [0.29, 0.717) is 11.8 Å². The Balaban J connectivity index is 1.35. The highest BCUT2D eigenvalue weighted by Gasteiger charge is 2.68. The van der Waals surface area contributed by atoms with Crippen LogP contribution in [0.25, 0.3) is 11.1 Å². The molecule has 8 unspecified atom stereocenters. The first-order valence-corrected chi connectivity index (χ1v) is 12.2. The quantitative estimate of drug-likeness (QED) is 0.503. The van der Waals surface area contributed by atoms with Crippen molar-refractivity contribution >= 4 is 0 Å². The molecular formula is C30H32O. The van der Waals surface area contributed by atoms with E-state index in [1.165, 1.54) is 42.4 Å². The SMILES string of the molecule is C=CC1CC(C=C)C2C3CC(C4CC5(CC43)c3ccccc3-c3ccc(OC)cc35)C12. The number of rotatable bonds is 3. The van der Waals surface area contributed by atoms with Crippen molar-refractivity contribution < 1.29 is 4.74 Å². The molecule has 0 amide bonds. The van der Waals surface area contributed by atoms with Gasteiger partial charge in [0, 0.05) is 5.41 Å². The molecule has 5 aliphatic carbocycles. The molecule has 0 N–H and O–H groups in total. The summed E-state index contributed by atoms with van der Waals surface area (Å²) in [5.41, 5.74) is 6.20. The van der Waals surface area contributed by atoms with E-state index in [-0.39, 0.29) is 5.41 Å². The van der Waals surface area contributed by atoms with Crippen molar-refractivity contribution in [3.05, 3.63) is 78.9 Å². The Morgan fingerprint density at radius 2 is 1.45 bits per heavy atom. The van der Waals surface area contributed by atoms with Gasteiger partial charge in [-0.25, -0.2) is 0 Å². The molecule has 4 fully saturated rings. The van der Waals surface area contributed by atoms with Crippen LogP contribution < -0.4 is 4.74 Å². The third-order valence-electron chi connectivity index (χ3n) is 10.4. The summed E-state index contributed by atoms with van der Waals surface area (Å²) in [7, 11) is 1.80. The minimum absolute atomic E-state index is 0.179. The van der Waals surface area contributed by atoms with Crippen LogP contribution in [0.1, 0.15) is 36.8 Å². The average Bonchev–Trinajstić information content (AvgIpc) is 3.58. The Labute approximate surface area is 186 Å². The fourth-order valence-corrected chi connectivity index (χ4v) is 9.59. The van der Waals surface area contributed by atoms with Crippen molar-refractivity contribution in [1.82, 2.24) is 0 Å². The van der Waals surface area contributed by atoms with E-state index >= 15 is 0 Å². The molecule has 158 valence electrons. The monoisotopic (exact) mass is 408 g/mol. The number of fused-ring (bicyclic) bond motifs is 13. The fourth-order valence-electron chi connectivity index (χ4n) is 9.59. The van der Waals surface area contributed by atoms with Crippen LogP contribution in [0.15, 0.2) is 67.8 Å². The molecule has 0 saturated heterocycles. The number of hydrogen-bond acceptors (Lipinski definition) is 1. The Morgan fingerprint density at radius 1 is 0.806 bits per heavy atom. The van der Waals surface area contributed by atoms with Crippen LogP contribution in [0.4, 0.5) is 0 Å². The van der Waals surface area contributed by atoms with Gasteiger partial charge in [0.15, 0.2) is 0 Å². The summed E-state index contributed by atoms with van der Waals surface area (Å²) < 4.78 is 5.69. The summed E-state index contributed by atoms with van der Waals surface area (Å²) >= 11 is 0. The Kier molecular flexibility index (Phi) is 3.63. The first kappa shape index (κ1) is 18.3. The van der Waals surface area contributed by atoms with Gasteiger partial charge < -0.3 is 4.74 Å². The minimum atomic E-state index is 0.179. The van der Waals surface area contributed by atoms with Crippen molar-refractivity contribution in [1.29, 1.82) is 0 Å². The molecule has 0 radical (unpaired) electrons. The molecule has 1 spiro atoms. The van der Waals surface area contributed by atoms with Gasteiger partial charge >= 0.3 is 0 Å². The molecule has 2 aromatic carbocycles. The lowest BCUT2D eigenvalue weighted by Gasteiger charge is -2.37. The van der Waals surface area contributed by atoms with Gasteiger partial charge in [0.2, 0.25) is 0 Å². The highest BCUT2D eigenvalue weighted by molar-refractivity contribution is 5.82. The molecule has 2 bridgehead atoms. The van der Waals surface area contributed by atoms with Crippen molar-refractivity contribution in [2.45, 2.75) is 31.1 Å². The average molecular weight is 409 g/mol. The van der Waals surface area contributed by atoms with Crippen LogP contribution >= 0.6 is 0 Å². The van der Waals surface area contributed by atoms with Gasteiger partial charge in [-0.1, -0.05) is 42.5 Å². The van der Waals surface area contributed by atoms with Crippen LogP contribution in [0.5, 0.6) is 5.75 Å². The maximum Gasteiger partial charge on any atom is 0.119 e. The second-order valence-corrected chi connectivity index (χ2v) is 11.0. The van der Waals surface area contributed by atoms with Crippen LogP contribution in [-0.2, 0) is 5.41 Å². The van der Waals surface area contributed by atoms with Crippen LogP contribution in [-0.4, -0.2) is 7.11 Å². The van der Waals surface area contributed by atoms with E-state index in [4.69, 9.17) is 4.74 Å². The van der Waals surface area contributed by atoms with Crippen molar-refractivity contribution in [3.63, 3.8) is 0 Å². The summed E-state index contributed by atoms with van der Waals surface area (Å²) in [5.74, 6) is 7.59. The summed E-state index contributed by atoms with van der Waals surface area (Å²) in [4.78, 5) is 0. The van der Waals surface area contributed by atoms with Gasteiger partial charge in [0.25, 0.3) is 0 Å². The van der Waals surface area contributed by atoms with Crippen molar-refractivity contribution in [2.75, 3.05) is 7.11 Å². The lowest BCUT2D eigenvalue weighted by Crippen LogP contribution is -2.33. The number of methoxy groups -OCH3 is 1. The van der Waals surface area contributed by atoms with Gasteiger partial charge in [-0.2, -0.15) is 0 Å². The summed E-state index contributed by atoms with van der Waals surface area (Å²) in [6, 6.07) is 16.0. The third-order valence-corrected chi connectivity index (χ3v) is 10.4. The zero-order valence-electron chi connectivity index (χ0n) is 18.5. The molecule has 0 aliphatic heterocycles. The number of ether oxygens (including phenoxy) is 1. The number of hydrogen-bond donors (Lipinski definition) is 0. The van der Waals surface area contributed by atoms with Crippen molar-refractivity contribution in [3.8, 4) is 16.9 Å². The molecule has 8 atom stereocenters. The number of benzene rings is 2. The topological polar surface area (TPSA) is 9.23 Å². The zero-order valence-corrected chi connectivity index (χ0v) is 18.5. The maximum absolute atomic E-state index is 5.69. The molecular weight excluding hydrogens is 376 g/mol. The Bertz CT molecular complexity index is 1060. The molecule has 5 aliphatic rings. The third kappa shape index (κ3) is 2.09. The van der Waals surface area contributed by atoms with E-state index in [9.17, 15) is 0 Å². The van der Waals surface area contributed by atoms with E-state index in [1.54, 1.807) is 12.7 Å². The summed E-state index contributed by atoms with van der Waals surface area (Å²) in [5, 5.41) is 0. The summed E-state index contributed by atoms with van der Waals surface area (Å²) in [6.07, 6.45) is 9.97. The smallest absolute Gasteiger partial charge is 0.119 e. The van der Waals surface area contributed by atoms with Crippen molar-refractivity contribution in [2.24, 2.45) is 47.3 Å². The highest BCUT2D eigenvalue weighted by atomic mass is 16.5. The molecule has 2 aromatic rings. The number of allylic oxidation sites excluding steroid dienone is 2. The molecule has 1 heteroatoms. The minimum Gasteiger partial charge on any atom is -0.497 e. The van der Waals surface area contributed by atoms with E-state index in [0.717, 1.165) is 41.3 Å². The highest BCUT2D eigenvalue weighted by Crippen LogP contribution is 2.74. The molecule has 0 heterocycles. The largest absolute Gasteiger partial charge is 0.497 e. The molecule has 0 aromatic heterocycles. The van der Waals surface area contributed by atoms with Gasteiger partial charge in [-0.15, -0.1) is 13.2 Å². The van der Waals surface area contributed by atoms with Gasteiger partial charge in [0.1, 0.15) is 5.75 Å². The van der Waals surface area contributed by atoms with Crippen LogP contribution in [0.3, 0.4) is 0 Å². The molecule has 4 saturated carbocycles. The Hall–Kier alpha value is -2.28. The first-order chi connectivity index (χ1) is 15.2. The second-order valence-electron chi connectivity index (χ2n) is 11.0. The standard InChI is InChI=1S/C30H32O/c1-4-17-12-18(5-2)29-23-14-22(28(17)29)24-15-30(16-25(23)24)26-9-7-6-8-20(26)21-11-10-19(31-3)13-27(21)30/h4-11,13,17-18,22-25,28-29H,1-2,12,14-16H2,3H3. The predicted molar refractivity (Wildman–Crippen MR) is 126 cm³/mol. The second kappa shape index (κ2) is 6.15. The van der Waals surface area contributed by atoms with Gasteiger partial charge in [0.05, 0.1) is 7.11 Å². The van der Waals surface area contributed by atoms with E-state index in [2.05, 4.69) is 67.8 Å². The predicted octanol–water partition coefficient (Wildman–Crippen LogP) is 6.88. The summed E-state index contributed by atoms with van der Waals surface area (Å²) in [6.45, 7) is 8.48. The van der Waals surface area contributed by atoms with Gasteiger partial charge in [-0.05, 0) is 107 Å². The van der Waals surface area contributed by atoms with Crippen LogP contribution in [0, 0.1) is 47.3 Å². The lowest BCUT2D eigenvalue weighted by atomic mass is 9.67. The van der Waals surface area contributed by atoms with E-state index in [1.807, 2.05) is 0 Å². The fraction of sp³-hybridized carbons (Fsp3) is 0.467. The normalized spacial score (nSPS) is 42.9. The van der Waals surface area contributed by atoms with E-state index < -0.39 is 0 Å². The molecule has 1 nitrogen and oxygen atoms in total. The molecule has 7 rings (SSSR count). The van der Waals surface area contributed by atoms with Crippen LogP contribution in [0.2, 0.25) is 0 Å². The molecule has 31 heavy (non-hydrogen) atoms. The Morgan fingerprint density at radius 3 is 2.10 bits per heavy atom. The maximum atomic E-state index is 5.69. The van der Waals surface area contributed by atoms with Gasteiger partial charge in [-0.3, -0.25) is 0 Å². The first-order valence-electron chi connectivity index (χ1n) is 12.2. The lowest BCUT2D eigenvalue weighted by molar-refractivity contribution is 0.113. The zero-order chi connectivity index (χ0) is 20.9.